The van der Waals surface area contributed by atoms with Crippen molar-refractivity contribution in [1.82, 2.24) is 5.32 Å². The Hall–Kier alpha value is -2.04. The Labute approximate surface area is 106 Å². The summed E-state index contributed by atoms with van der Waals surface area (Å²) in [4.78, 5) is 22.9. The van der Waals surface area contributed by atoms with E-state index in [-0.39, 0.29) is 18.6 Å². The lowest BCUT2D eigenvalue weighted by molar-refractivity contribution is -0.123. The van der Waals surface area contributed by atoms with Gasteiger partial charge in [0, 0.05) is 6.04 Å². The van der Waals surface area contributed by atoms with E-state index in [1.165, 1.54) is 7.11 Å². The van der Waals surface area contributed by atoms with Crippen molar-refractivity contribution in [2.45, 2.75) is 19.9 Å². The molecule has 1 N–H and O–H groups in total. The number of hydrogen-bond donors (Lipinski definition) is 1. The zero-order valence-electron chi connectivity index (χ0n) is 10.7. The Morgan fingerprint density at radius 1 is 1.28 bits per heavy atom. The SMILES string of the molecule is COC(=O)c1ccccc1OCC(=O)NC(C)C. The summed E-state index contributed by atoms with van der Waals surface area (Å²) < 4.78 is 9.94. The molecule has 0 saturated carbocycles. The van der Waals surface area contributed by atoms with Crippen molar-refractivity contribution < 1.29 is 19.1 Å². The first-order chi connectivity index (χ1) is 8.54. The van der Waals surface area contributed by atoms with Gasteiger partial charge in [0.15, 0.2) is 6.61 Å². The molecule has 0 spiro atoms. The molecule has 0 aromatic heterocycles. The summed E-state index contributed by atoms with van der Waals surface area (Å²) in [6.45, 7) is 3.59. The number of carbonyl (C=O) groups excluding carboxylic acids is 2. The summed E-state index contributed by atoms with van der Waals surface area (Å²) in [6.07, 6.45) is 0. The first kappa shape index (κ1) is 14.0. The molecular weight excluding hydrogens is 234 g/mol. The van der Waals surface area contributed by atoms with Gasteiger partial charge in [0.25, 0.3) is 5.91 Å². The van der Waals surface area contributed by atoms with Crippen molar-refractivity contribution in [3.8, 4) is 5.75 Å². The zero-order valence-corrected chi connectivity index (χ0v) is 10.7. The molecule has 0 heterocycles. The lowest BCUT2D eigenvalue weighted by Gasteiger charge is -2.11. The van der Waals surface area contributed by atoms with Gasteiger partial charge in [-0.3, -0.25) is 4.79 Å². The van der Waals surface area contributed by atoms with Crippen LogP contribution in [-0.4, -0.2) is 31.6 Å². The van der Waals surface area contributed by atoms with Gasteiger partial charge < -0.3 is 14.8 Å². The summed E-state index contributed by atoms with van der Waals surface area (Å²) in [6, 6.07) is 6.68. The molecule has 18 heavy (non-hydrogen) atoms. The molecule has 1 rings (SSSR count). The third-order valence-corrected chi connectivity index (χ3v) is 2.10. The summed E-state index contributed by atoms with van der Waals surface area (Å²) >= 11 is 0. The fraction of sp³-hybridized carbons (Fsp3) is 0.385. The summed E-state index contributed by atoms with van der Waals surface area (Å²) in [5.41, 5.74) is 0.303. The number of ether oxygens (including phenoxy) is 2. The van der Waals surface area contributed by atoms with Crippen LogP contribution in [0.15, 0.2) is 24.3 Å². The van der Waals surface area contributed by atoms with Crippen LogP contribution in [0.5, 0.6) is 5.75 Å². The van der Waals surface area contributed by atoms with Crippen molar-refractivity contribution in [3.05, 3.63) is 29.8 Å². The molecule has 5 nitrogen and oxygen atoms in total. The van der Waals surface area contributed by atoms with Crippen LogP contribution in [0.3, 0.4) is 0 Å². The van der Waals surface area contributed by atoms with Crippen molar-refractivity contribution in [2.24, 2.45) is 0 Å². The molecule has 0 radical (unpaired) electrons. The molecule has 0 bridgehead atoms. The Morgan fingerprint density at radius 3 is 2.56 bits per heavy atom. The third kappa shape index (κ3) is 4.08. The van der Waals surface area contributed by atoms with E-state index in [0.717, 1.165) is 0 Å². The molecule has 98 valence electrons. The number of rotatable bonds is 5. The molecule has 0 saturated heterocycles. The molecule has 0 aliphatic rings. The van der Waals surface area contributed by atoms with Crippen LogP contribution in [0, 0.1) is 0 Å². The second-order valence-electron chi connectivity index (χ2n) is 4.00. The average Bonchev–Trinajstić information content (AvgIpc) is 2.35. The maximum Gasteiger partial charge on any atom is 0.341 e. The van der Waals surface area contributed by atoms with E-state index in [1.807, 2.05) is 13.8 Å². The lowest BCUT2D eigenvalue weighted by atomic mass is 10.2. The average molecular weight is 251 g/mol. The molecule has 5 heteroatoms. The van der Waals surface area contributed by atoms with E-state index >= 15 is 0 Å². The molecule has 0 aliphatic heterocycles. The molecule has 0 fully saturated rings. The van der Waals surface area contributed by atoms with Gasteiger partial charge in [0.1, 0.15) is 11.3 Å². The lowest BCUT2D eigenvalue weighted by Crippen LogP contribution is -2.34. The van der Waals surface area contributed by atoms with Crippen LogP contribution in [0.1, 0.15) is 24.2 Å². The van der Waals surface area contributed by atoms with Crippen LogP contribution in [0.25, 0.3) is 0 Å². The van der Waals surface area contributed by atoms with Gasteiger partial charge >= 0.3 is 5.97 Å². The Balaban J connectivity index is 2.67. The highest BCUT2D eigenvalue weighted by molar-refractivity contribution is 5.92. The Bertz CT molecular complexity index is 429. The predicted octanol–water partition coefficient (Wildman–Crippen LogP) is 1.38. The fourth-order valence-electron chi connectivity index (χ4n) is 1.38. The molecule has 0 unspecified atom stereocenters. The number of amides is 1. The van der Waals surface area contributed by atoms with Gasteiger partial charge in [0.2, 0.25) is 0 Å². The highest BCUT2D eigenvalue weighted by atomic mass is 16.5. The number of nitrogens with one attached hydrogen (secondary N) is 1. The zero-order chi connectivity index (χ0) is 13.5. The molecule has 1 aromatic carbocycles. The maximum atomic E-state index is 11.5. The van der Waals surface area contributed by atoms with Crippen LogP contribution in [0.4, 0.5) is 0 Å². The molecule has 0 atom stereocenters. The van der Waals surface area contributed by atoms with E-state index in [9.17, 15) is 9.59 Å². The van der Waals surface area contributed by atoms with Crippen LogP contribution in [-0.2, 0) is 9.53 Å². The normalized spacial score (nSPS) is 10.0. The van der Waals surface area contributed by atoms with Crippen LogP contribution >= 0.6 is 0 Å². The minimum atomic E-state index is -0.491. The van der Waals surface area contributed by atoms with E-state index in [1.54, 1.807) is 24.3 Å². The smallest absolute Gasteiger partial charge is 0.341 e. The minimum absolute atomic E-state index is 0.0527. The van der Waals surface area contributed by atoms with Gasteiger partial charge in [-0.2, -0.15) is 0 Å². The largest absolute Gasteiger partial charge is 0.483 e. The first-order valence-corrected chi connectivity index (χ1v) is 5.64. The van der Waals surface area contributed by atoms with Gasteiger partial charge in [-0.25, -0.2) is 4.79 Å². The van der Waals surface area contributed by atoms with Crippen molar-refractivity contribution >= 4 is 11.9 Å². The Morgan fingerprint density at radius 2 is 1.94 bits per heavy atom. The number of hydrogen-bond acceptors (Lipinski definition) is 4. The van der Waals surface area contributed by atoms with E-state index in [2.05, 4.69) is 10.1 Å². The minimum Gasteiger partial charge on any atom is -0.483 e. The van der Waals surface area contributed by atoms with E-state index in [4.69, 9.17) is 4.74 Å². The molecular formula is C13H17NO4. The van der Waals surface area contributed by atoms with E-state index in [0.29, 0.717) is 11.3 Å². The van der Waals surface area contributed by atoms with Crippen LogP contribution in [0.2, 0.25) is 0 Å². The van der Waals surface area contributed by atoms with Gasteiger partial charge in [-0.15, -0.1) is 0 Å². The predicted molar refractivity (Wildman–Crippen MR) is 66.6 cm³/mol. The summed E-state index contributed by atoms with van der Waals surface area (Å²) in [5, 5.41) is 2.70. The van der Waals surface area contributed by atoms with Gasteiger partial charge in [-0.05, 0) is 26.0 Å². The van der Waals surface area contributed by atoms with Crippen LogP contribution < -0.4 is 10.1 Å². The number of carbonyl (C=O) groups is 2. The van der Waals surface area contributed by atoms with Crippen molar-refractivity contribution in [1.29, 1.82) is 0 Å². The topological polar surface area (TPSA) is 64.6 Å². The highest BCUT2D eigenvalue weighted by Crippen LogP contribution is 2.18. The Kier molecular flexibility index (Phi) is 5.17. The van der Waals surface area contributed by atoms with Gasteiger partial charge in [-0.1, -0.05) is 12.1 Å². The van der Waals surface area contributed by atoms with Crippen molar-refractivity contribution in [3.63, 3.8) is 0 Å². The molecule has 1 aromatic rings. The van der Waals surface area contributed by atoms with Crippen molar-refractivity contribution in [2.75, 3.05) is 13.7 Å². The highest BCUT2D eigenvalue weighted by Gasteiger charge is 2.13. The monoisotopic (exact) mass is 251 g/mol. The number of methoxy groups -OCH3 is 1. The summed E-state index contributed by atoms with van der Waals surface area (Å²) in [7, 11) is 1.30. The third-order valence-electron chi connectivity index (χ3n) is 2.10. The fourth-order valence-corrected chi connectivity index (χ4v) is 1.38. The second kappa shape index (κ2) is 6.64. The van der Waals surface area contributed by atoms with E-state index < -0.39 is 5.97 Å². The molecule has 0 aliphatic carbocycles. The standard InChI is InChI=1S/C13H17NO4/c1-9(2)14-12(15)8-18-11-7-5-4-6-10(11)13(16)17-3/h4-7,9H,8H2,1-3H3,(H,14,15). The molecule has 1 amide bonds. The number of para-hydroxylation sites is 1. The maximum absolute atomic E-state index is 11.5. The quantitative estimate of drug-likeness (QED) is 0.803. The second-order valence-corrected chi connectivity index (χ2v) is 4.00. The number of benzene rings is 1. The first-order valence-electron chi connectivity index (χ1n) is 5.64. The number of esters is 1. The summed E-state index contributed by atoms with van der Waals surface area (Å²) in [5.74, 6) is -0.386. The van der Waals surface area contributed by atoms with Gasteiger partial charge in [0.05, 0.1) is 7.11 Å².